The highest BCUT2D eigenvalue weighted by Crippen LogP contribution is 2.21. The fraction of sp³-hybridized carbons (Fsp3) is 0.296. The number of imidazole rings is 1. The van der Waals surface area contributed by atoms with E-state index in [-0.39, 0.29) is 5.91 Å². The molecule has 1 saturated heterocycles. The molecule has 7 nitrogen and oxygen atoms in total. The van der Waals surface area contributed by atoms with Gasteiger partial charge < -0.3 is 14.8 Å². The lowest BCUT2D eigenvalue weighted by Crippen LogP contribution is -2.47. The smallest absolute Gasteiger partial charge is 0.255 e. The van der Waals surface area contributed by atoms with Crippen LogP contribution in [0.15, 0.2) is 66.9 Å². The van der Waals surface area contributed by atoms with E-state index in [2.05, 4.69) is 37.8 Å². The Balaban J connectivity index is 1.20. The molecule has 4 aromatic rings. The summed E-state index contributed by atoms with van der Waals surface area (Å²) in [5.41, 5.74) is 4.51. The Labute approximate surface area is 200 Å². The molecule has 0 aliphatic carbocycles. The number of fused-ring (bicyclic) bond motifs is 1. The van der Waals surface area contributed by atoms with Gasteiger partial charge in [-0.2, -0.15) is 0 Å². The first-order valence-corrected chi connectivity index (χ1v) is 11.8. The van der Waals surface area contributed by atoms with Crippen LogP contribution in [0.5, 0.6) is 0 Å². The summed E-state index contributed by atoms with van der Waals surface area (Å²) in [6.07, 6.45) is 2.74. The third-order valence-electron chi connectivity index (χ3n) is 6.54. The van der Waals surface area contributed by atoms with Gasteiger partial charge in [-0.05, 0) is 49.4 Å². The molecule has 0 atom stereocenters. The van der Waals surface area contributed by atoms with Gasteiger partial charge in [-0.25, -0.2) is 9.97 Å². The molecule has 1 aliphatic heterocycles. The highest BCUT2D eigenvalue weighted by Gasteiger charge is 2.18. The van der Waals surface area contributed by atoms with E-state index in [1.807, 2.05) is 67.7 Å². The molecule has 0 spiro atoms. The van der Waals surface area contributed by atoms with Crippen LogP contribution in [-0.4, -0.2) is 58.1 Å². The van der Waals surface area contributed by atoms with Crippen molar-refractivity contribution in [1.29, 1.82) is 0 Å². The SMILES string of the molecule is Cc1ccc(C(=O)Nc2ccc3c(c2)nc(CCN2CCN(c4ccccn4)CC2)n3C)cc1. The molecule has 0 radical (unpaired) electrons. The van der Waals surface area contributed by atoms with E-state index in [1.54, 1.807) is 0 Å². The van der Waals surface area contributed by atoms with Gasteiger partial charge in [0, 0.05) is 63.6 Å². The number of aryl methyl sites for hydroxylation is 2. The van der Waals surface area contributed by atoms with Gasteiger partial charge in [0.1, 0.15) is 11.6 Å². The normalized spacial score (nSPS) is 14.5. The highest BCUT2D eigenvalue weighted by molar-refractivity contribution is 6.05. The van der Waals surface area contributed by atoms with Gasteiger partial charge in [0.2, 0.25) is 0 Å². The molecule has 2 aromatic carbocycles. The number of nitrogens with one attached hydrogen (secondary N) is 1. The van der Waals surface area contributed by atoms with E-state index in [1.165, 1.54) is 0 Å². The van der Waals surface area contributed by atoms with Crippen molar-refractivity contribution >= 4 is 28.4 Å². The Morgan fingerprint density at radius 1 is 1.00 bits per heavy atom. The number of rotatable bonds is 6. The van der Waals surface area contributed by atoms with Crippen LogP contribution in [0.4, 0.5) is 11.5 Å². The van der Waals surface area contributed by atoms with Crippen molar-refractivity contribution in [3.63, 3.8) is 0 Å². The summed E-state index contributed by atoms with van der Waals surface area (Å²) in [5.74, 6) is 2.01. The molecule has 1 N–H and O–H groups in total. The second-order valence-electron chi connectivity index (χ2n) is 8.88. The van der Waals surface area contributed by atoms with Crippen molar-refractivity contribution in [1.82, 2.24) is 19.4 Å². The van der Waals surface area contributed by atoms with Crippen LogP contribution in [0.25, 0.3) is 11.0 Å². The Morgan fingerprint density at radius 2 is 1.79 bits per heavy atom. The van der Waals surface area contributed by atoms with Gasteiger partial charge in [-0.3, -0.25) is 9.69 Å². The van der Waals surface area contributed by atoms with Gasteiger partial charge in [0.25, 0.3) is 5.91 Å². The largest absolute Gasteiger partial charge is 0.354 e. The lowest BCUT2D eigenvalue weighted by atomic mass is 10.1. The van der Waals surface area contributed by atoms with Crippen molar-refractivity contribution in [2.24, 2.45) is 7.05 Å². The molecule has 0 saturated carbocycles. The summed E-state index contributed by atoms with van der Waals surface area (Å²) in [5, 5.41) is 2.99. The Morgan fingerprint density at radius 3 is 2.53 bits per heavy atom. The molecule has 2 aromatic heterocycles. The number of anilines is 2. The minimum atomic E-state index is -0.111. The molecule has 34 heavy (non-hydrogen) atoms. The van der Waals surface area contributed by atoms with Crippen LogP contribution in [0.2, 0.25) is 0 Å². The van der Waals surface area contributed by atoms with Gasteiger partial charge in [-0.1, -0.05) is 23.8 Å². The fourth-order valence-electron chi connectivity index (χ4n) is 4.46. The quantitative estimate of drug-likeness (QED) is 0.479. The third kappa shape index (κ3) is 4.79. The second-order valence-corrected chi connectivity index (χ2v) is 8.88. The number of nitrogens with zero attached hydrogens (tertiary/aromatic N) is 5. The van der Waals surface area contributed by atoms with Gasteiger partial charge >= 0.3 is 0 Å². The number of pyridine rings is 1. The molecular weight excluding hydrogens is 424 g/mol. The predicted octanol–water partition coefficient (Wildman–Crippen LogP) is 3.89. The number of carbonyl (C=O) groups excluding carboxylic acids is 1. The standard InChI is InChI=1S/C27H30N6O/c1-20-6-8-21(9-7-20)27(34)29-22-10-11-24-23(19-22)30-26(31(24)2)12-14-32-15-17-33(18-16-32)25-5-3-4-13-28-25/h3-11,13,19H,12,14-18H2,1-2H3,(H,29,34). The Kier molecular flexibility index (Phi) is 6.27. The summed E-state index contributed by atoms with van der Waals surface area (Å²) in [6, 6.07) is 19.6. The van der Waals surface area contributed by atoms with E-state index in [0.29, 0.717) is 5.56 Å². The first-order valence-electron chi connectivity index (χ1n) is 11.8. The average molecular weight is 455 g/mol. The van der Waals surface area contributed by atoms with Gasteiger partial charge in [0.15, 0.2) is 0 Å². The minimum absolute atomic E-state index is 0.111. The number of amides is 1. The lowest BCUT2D eigenvalue weighted by Gasteiger charge is -2.35. The molecule has 1 aliphatic rings. The first-order chi connectivity index (χ1) is 16.6. The maximum absolute atomic E-state index is 12.6. The summed E-state index contributed by atoms with van der Waals surface area (Å²) in [6.45, 7) is 7.01. The number of benzene rings is 2. The van der Waals surface area contributed by atoms with Crippen molar-refractivity contribution < 1.29 is 4.79 Å². The first kappa shape index (κ1) is 22.1. The zero-order valence-electron chi connectivity index (χ0n) is 19.7. The molecule has 1 amide bonds. The summed E-state index contributed by atoms with van der Waals surface area (Å²) in [7, 11) is 2.06. The number of hydrogen-bond acceptors (Lipinski definition) is 5. The number of aromatic nitrogens is 3. The highest BCUT2D eigenvalue weighted by atomic mass is 16.1. The summed E-state index contributed by atoms with van der Waals surface area (Å²) < 4.78 is 2.16. The van der Waals surface area contributed by atoms with Gasteiger partial charge in [0.05, 0.1) is 11.0 Å². The molecule has 174 valence electrons. The van der Waals surface area contributed by atoms with Crippen molar-refractivity contribution in [2.75, 3.05) is 42.9 Å². The monoisotopic (exact) mass is 454 g/mol. The van der Waals surface area contributed by atoms with Crippen LogP contribution in [0.1, 0.15) is 21.7 Å². The Bertz CT molecular complexity index is 1270. The zero-order valence-corrected chi connectivity index (χ0v) is 19.7. The fourth-order valence-corrected chi connectivity index (χ4v) is 4.46. The van der Waals surface area contributed by atoms with Crippen LogP contribution >= 0.6 is 0 Å². The lowest BCUT2D eigenvalue weighted by molar-refractivity contribution is 0.102. The van der Waals surface area contributed by atoms with E-state index in [9.17, 15) is 4.79 Å². The van der Waals surface area contributed by atoms with Crippen LogP contribution < -0.4 is 10.2 Å². The van der Waals surface area contributed by atoms with Crippen molar-refractivity contribution in [3.8, 4) is 0 Å². The molecule has 7 heteroatoms. The summed E-state index contributed by atoms with van der Waals surface area (Å²) in [4.78, 5) is 26.8. The van der Waals surface area contributed by atoms with Crippen LogP contribution in [0.3, 0.4) is 0 Å². The minimum Gasteiger partial charge on any atom is -0.354 e. The number of piperazine rings is 1. The van der Waals surface area contributed by atoms with Crippen LogP contribution in [0, 0.1) is 6.92 Å². The predicted molar refractivity (Wildman–Crippen MR) is 136 cm³/mol. The molecule has 5 rings (SSSR count). The van der Waals surface area contributed by atoms with Crippen molar-refractivity contribution in [3.05, 3.63) is 83.8 Å². The third-order valence-corrected chi connectivity index (χ3v) is 6.54. The molecule has 1 fully saturated rings. The number of hydrogen-bond donors (Lipinski definition) is 1. The average Bonchev–Trinajstić information content (AvgIpc) is 3.18. The van der Waals surface area contributed by atoms with E-state index < -0.39 is 0 Å². The van der Waals surface area contributed by atoms with Gasteiger partial charge in [-0.15, -0.1) is 0 Å². The molecular formula is C27H30N6O. The number of carbonyl (C=O) groups is 1. The maximum atomic E-state index is 12.6. The molecule has 3 heterocycles. The maximum Gasteiger partial charge on any atom is 0.255 e. The van der Waals surface area contributed by atoms with E-state index in [0.717, 1.165) is 73.1 Å². The zero-order chi connectivity index (χ0) is 23.5. The van der Waals surface area contributed by atoms with E-state index in [4.69, 9.17) is 4.98 Å². The topological polar surface area (TPSA) is 66.3 Å². The van der Waals surface area contributed by atoms with Crippen LogP contribution in [-0.2, 0) is 13.5 Å². The van der Waals surface area contributed by atoms with E-state index >= 15 is 0 Å². The summed E-state index contributed by atoms with van der Waals surface area (Å²) >= 11 is 0. The second kappa shape index (κ2) is 9.65. The molecule has 0 bridgehead atoms. The molecule has 0 unspecified atom stereocenters. The van der Waals surface area contributed by atoms with Crippen molar-refractivity contribution in [2.45, 2.75) is 13.3 Å². The Hall–Kier alpha value is -3.71.